The van der Waals surface area contributed by atoms with E-state index in [1.165, 1.54) is 0 Å². The summed E-state index contributed by atoms with van der Waals surface area (Å²) in [5, 5.41) is 0. The van der Waals surface area contributed by atoms with Gasteiger partial charge in [-0.2, -0.15) is 18.2 Å². The van der Waals surface area contributed by atoms with Gasteiger partial charge in [0.25, 0.3) is 0 Å². The van der Waals surface area contributed by atoms with E-state index in [4.69, 9.17) is 19.9 Å². The molecule has 31 heavy (non-hydrogen) atoms. The van der Waals surface area contributed by atoms with E-state index in [0.717, 1.165) is 22.3 Å². The molecule has 0 saturated carbocycles. The molecule has 2 aromatic rings. The van der Waals surface area contributed by atoms with Crippen LogP contribution in [0.5, 0.6) is 0 Å². The zero-order valence-electron chi connectivity index (χ0n) is 16.6. The van der Waals surface area contributed by atoms with Gasteiger partial charge in [-0.05, 0) is 0 Å². The number of halogens is 3. The van der Waals surface area contributed by atoms with Gasteiger partial charge in [-0.1, -0.05) is 6.92 Å². The van der Waals surface area contributed by atoms with Crippen molar-refractivity contribution in [1.29, 1.82) is 0 Å². The number of aromatic nitrogens is 4. The third-order valence-electron chi connectivity index (χ3n) is 4.50. The number of anilines is 1. The number of fused-ring (bicyclic) bond motifs is 1. The highest BCUT2D eigenvalue weighted by molar-refractivity contribution is 5.72. The predicted molar refractivity (Wildman–Crippen MR) is 97.3 cm³/mol. The van der Waals surface area contributed by atoms with Crippen molar-refractivity contribution in [2.45, 2.75) is 64.5 Å². The summed E-state index contributed by atoms with van der Waals surface area (Å²) >= 11 is 0. The molecule has 1 aliphatic heterocycles. The number of alkyl halides is 3. The molecule has 3 atom stereocenters. The molecule has 3 rings (SSSR count). The lowest BCUT2D eigenvalue weighted by molar-refractivity contribution is -0.183. The molecule has 11 nitrogen and oxygen atoms in total. The summed E-state index contributed by atoms with van der Waals surface area (Å²) in [6, 6.07) is 0. The fraction of sp³-hybridized carbons (Fsp3) is 0.588. The lowest BCUT2D eigenvalue weighted by Crippen LogP contribution is -2.34. The molecule has 170 valence electrons. The number of imidazole rings is 1. The Morgan fingerprint density at radius 3 is 2.68 bits per heavy atom. The molecule has 0 unspecified atom stereocenters. The standard InChI is InChI=1S/C17H20F3N5O6/c1-3-11(27)30-12-6-10(29-8(2)26)14(31-12)25-13-9(7-22-15(21)23-13)24(16(25)28)5-4-17(18,19)20/h7,10,12,14H,3-6H2,1-2H3,(H2,21,22,23)/t10-,12-,14-/m1/s1. The summed E-state index contributed by atoms with van der Waals surface area (Å²) in [5.41, 5.74) is 4.58. The van der Waals surface area contributed by atoms with Gasteiger partial charge in [0, 0.05) is 19.9 Å². The van der Waals surface area contributed by atoms with Crippen molar-refractivity contribution in [2.75, 3.05) is 5.73 Å². The first-order valence-electron chi connectivity index (χ1n) is 9.32. The minimum Gasteiger partial charge on any atom is -0.457 e. The Morgan fingerprint density at radius 2 is 2.06 bits per heavy atom. The van der Waals surface area contributed by atoms with Crippen molar-refractivity contribution in [1.82, 2.24) is 19.1 Å². The molecule has 14 heteroatoms. The third kappa shape index (κ3) is 4.95. The zero-order chi connectivity index (χ0) is 22.9. The maximum atomic E-state index is 13.0. The van der Waals surface area contributed by atoms with E-state index in [1.807, 2.05) is 0 Å². The number of aryl methyl sites for hydroxylation is 1. The molecule has 1 saturated heterocycles. The maximum Gasteiger partial charge on any atom is 0.390 e. The largest absolute Gasteiger partial charge is 0.457 e. The van der Waals surface area contributed by atoms with E-state index >= 15 is 0 Å². The smallest absolute Gasteiger partial charge is 0.390 e. The highest BCUT2D eigenvalue weighted by Crippen LogP contribution is 2.33. The number of hydrogen-bond acceptors (Lipinski definition) is 9. The number of nitrogens with zero attached hydrogens (tertiary/aromatic N) is 4. The van der Waals surface area contributed by atoms with E-state index in [1.54, 1.807) is 6.92 Å². The fourth-order valence-corrected chi connectivity index (χ4v) is 3.21. The molecule has 1 fully saturated rings. The monoisotopic (exact) mass is 447 g/mol. The van der Waals surface area contributed by atoms with Gasteiger partial charge in [0.15, 0.2) is 18.0 Å². The van der Waals surface area contributed by atoms with Crippen molar-refractivity contribution in [3.05, 3.63) is 16.7 Å². The Morgan fingerprint density at radius 1 is 1.35 bits per heavy atom. The van der Waals surface area contributed by atoms with Gasteiger partial charge in [-0.25, -0.2) is 14.3 Å². The topological polar surface area (TPSA) is 141 Å². The number of rotatable bonds is 6. The summed E-state index contributed by atoms with van der Waals surface area (Å²) in [6.07, 6.45) is -8.20. The highest BCUT2D eigenvalue weighted by Gasteiger charge is 2.43. The molecular formula is C17H20F3N5O6. The lowest BCUT2D eigenvalue weighted by Gasteiger charge is -2.19. The van der Waals surface area contributed by atoms with E-state index in [2.05, 4.69) is 9.97 Å². The summed E-state index contributed by atoms with van der Waals surface area (Å²) < 4.78 is 56.0. The van der Waals surface area contributed by atoms with E-state index in [-0.39, 0.29) is 30.0 Å². The van der Waals surface area contributed by atoms with E-state index in [9.17, 15) is 27.6 Å². The Hall–Kier alpha value is -3.16. The molecular weight excluding hydrogens is 427 g/mol. The molecule has 1 aliphatic rings. The zero-order valence-corrected chi connectivity index (χ0v) is 16.6. The SMILES string of the molecule is CCC(=O)O[C@H]1C[C@@H](OC(C)=O)[C@H](n2c(=O)n(CCC(F)(F)F)c3cnc(N)nc32)O1. The summed E-state index contributed by atoms with van der Waals surface area (Å²) in [5.74, 6) is -1.51. The minimum atomic E-state index is -4.51. The quantitative estimate of drug-likeness (QED) is 0.648. The van der Waals surface area contributed by atoms with Crippen LogP contribution in [0, 0.1) is 0 Å². The predicted octanol–water partition coefficient (Wildman–Crippen LogP) is 1.26. The molecule has 0 bridgehead atoms. The summed E-state index contributed by atoms with van der Waals surface area (Å²) in [7, 11) is 0. The summed E-state index contributed by atoms with van der Waals surface area (Å²) in [6.45, 7) is 2.01. The van der Waals surface area contributed by atoms with Crippen LogP contribution in [0.25, 0.3) is 11.2 Å². The first-order valence-corrected chi connectivity index (χ1v) is 9.32. The number of nitrogen functional groups attached to an aromatic ring is 1. The molecule has 2 N–H and O–H groups in total. The minimum absolute atomic E-state index is 0.0115. The van der Waals surface area contributed by atoms with Crippen LogP contribution < -0.4 is 11.4 Å². The first-order chi connectivity index (χ1) is 14.5. The van der Waals surface area contributed by atoms with E-state index in [0.29, 0.717) is 0 Å². The normalized spacial score (nSPS) is 21.4. The van der Waals surface area contributed by atoms with Crippen LogP contribution in [0.2, 0.25) is 0 Å². The molecule has 0 spiro atoms. The second kappa shape index (κ2) is 8.53. The number of hydrogen-bond donors (Lipinski definition) is 1. The van der Waals surface area contributed by atoms with Crippen LogP contribution in [0.1, 0.15) is 39.3 Å². The van der Waals surface area contributed by atoms with Crippen LogP contribution in [0.15, 0.2) is 11.0 Å². The highest BCUT2D eigenvalue weighted by atomic mass is 19.4. The number of carbonyl (C=O) groups excluding carboxylic acids is 2. The Balaban J connectivity index is 2.07. The molecule has 0 aromatic carbocycles. The van der Waals surface area contributed by atoms with Crippen LogP contribution in [0.4, 0.5) is 19.1 Å². The number of ether oxygens (including phenoxy) is 3. The van der Waals surface area contributed by atoms with Crippen molar-refractivity contribution >= 4 is 29.1 Å². The van der Waals surface area contributed by atoms with E-state index < -0.39 is 55.4 Å². The Kier molecular flexibility index (Phi) is 6.20. The van der Waals surface area contributed by atoms with Crippen molar-refractivity contribution in [2.24, 2.45) is 0 Å². The number of carbonyl (C=O) groups is 2. The lowest BCUT2D eigenvalue weighted by atomic mass is 10.2. The second-order valence-corrected chi connectivity index (χ2v) is 6.79. The van der Waals surface area contributed by atoms with Gasteiger partial charge >= 0.3 is 23.8 Å². The average molecular weight is 447 g/mol. The van der Waals surface area contributed by atoms with Gasteiger partial charge in [0.1, 0.15) is 5.52 Å². The summed E-state index contributed by atoms with van der Waals surface area (Å²) in [4.78, 5) is 43.9. The molecule has 3 heterocycles. The van der Waals surface area contributed by atoms with Crippen LogP contribution in [-0.4, -0.2) is 49.6 Å². The van der Waals surface area contributed by atoms with Crippen molar-refractivity contribution < 1.29 is 37.0 Å². The number of nitrogens with two attached hydrogens (primary N) is 1. The molecule has 0 radical (unpaired) electrons. The average Bonchev–Trinajstić information content (AvgIpc) is 3.15. The van der Waals surface area contributed by atoms with Crippen LogP contribution in [-0.2, 0) is 30.3 Å². The third-order valence-corrected chi connectivity index (χ3v) is 4.50. The van der Waals surface area contributed by atoms with Gasteiger partial charge in [0.2, 0.25) is 12.2 Å². The van der Waals surface area contributed by atoms with Gasteiger partial charge in [-0.15, -0.1) is 0 Å². The molecule has 0 aliphatic carbocycles. The van der Waals surface area contributed by atoms with Crippen LogP contribution >= 0.6 is 0 Å². The Bertz CT molecular complexity index is 1050. The molecule has 0 amide bonds. The van der Waals surface area contributed by atoms with Crippen molar-refractivity contribution in [3.8, 4) is 0 Å². The second-order valence-electron chi connectivity index (χ2n) is 6.79. The van der Waals surface area contributed by atoms with Crippen molar-refractivity contribution in [3.63, 3.8) is 0 Å². The van der Waals surface area contributed by atoms with Crippen LogP contribution in [0.3, 0.4) is 0 Å². The first kappa shape index (κ1) is 22.5. The van der Waals surface area contributed by atoms with Gasteiger partial charge in [0.05, 0.1) is 19.0 Å². The molecule has 2 aromatic heterocycles. The Labute approximate surface area is 172 Å². The fourth-order valence-electron chi connectivity index (χ4n) is 3.21. The number of esters is 2. The van der Waals surface area contributed by atoms with Gasteiger partial charge < -0.3 is 19.9 Å². The maximum absolute atomic E-state index is 13.0. The van der Waals surface area contributed by atoms with Gasteiger partial charge in [-0.3, -0.25) is 14.2 Å².